The van der Waals surface area contributed by atoms with Crippen molar-refractivity contribution < 1.29 is 15.3 Å². The summed E-state index contributed by atoms with van der Waals surface area (Å²) in [6.45, 7) is 7.83. The summed E-state index contributed by atoms with van der Waals surface area (Å²) in [5.41, 5.74) is 0.735. The van der Waals surface area contributed by atoms with Crippen molar-refractivity contribution in [3.8, 4) is 11.5 Å². The molecule has 0 atom stereocenters. The lowest BCUT2D eigenvalue weighted by molar-refractivity contribution is -0.266. The molecule has 4 aliphatic heterocycles. The zero-order valence-electron chi connectivity index (χ0n) is 13.9. The van der Waals surface area contributed by atoms with Crippen molar-refractivity contribution in [2.45, 2.75) is 39.0 Å². The molecule has 0 unspecified atom stereocenters. The minimum Gasteiger partial charge on any atom is -0.508 e. The van der Waals surface area contributed by atoms with Gasteiger partial charge in [-0.1, -0.05) is 13.8 Å². The lowest BCUT2D eigenvalue weighted by Gasteiger charge is -2.69. The van der Waals surface area contributed by atoms with E-state index >= 15 is 0 Å². The van der Waals surface area contributed by atoms with E-state index in [-0.39, 0.29) is 34.6 Å². The number of hydrogen-bond acceptors (Lipinski definition) is 5. The second kappa shape index (κ2) is 4.85. The molecule has 0 radical (unpaired) electrons. The van der Waals surface area contributed by atoms with Crippen molar-refractivity contribution in [1.82, 2.24) is 9.80 Å². The van der Waals surface area contributed by atoms with Gasteiger partial charge in [-0.15, -0.1) is 0 Å². The predicted octanol–water partition coefficient (Wildman–Crippen LogP) is 1.89. The molecule has 4 fully saturated rings. The molecule has 0 aromatic heterocycles. The Labute approximate surface area is 137 Å². The molecule has 126 valence electrons. The molecule has 5 heteroatoms. The first-order valence-electron chi connectivity index (χ1n) is 8.63. The Morgan fingerprint density at radius 1 is 1.00 bits per heavy atom. The van der Waals surface area contributed by atoms with Crippen LogP contribution in [0.1, 0.15) is 38.4 Å². The van der Waals surface area contributed by atoms with Gasteiger partial charge in [-0.2, -0.15) is 0 Å². The van der Waals surface area contributed by atoms with Crippen LogP contribution in [0.3, 0.4) is 0 Å². The summed E-state index contributed by atoms with van der Waals surface area (Å²) < 4.78 is 0. The Morgan fingerprint density at radius 2 is 1.52 bits per heavy atom. The molecule has 0 amide bonds. The summed E-state index contributed by atoms with van der Waals surface area (Å²) in [6.07, 6.45) is 1.74. The molecule has 4 saturated heterocycles. The first-order chi connectivity index (χ1) is 10.9. The number of hydrogen-bond donors (Lipinski definition) is 3. The summed E-state index contributed by atoms with van der Waals surface area (Å²) in [4.78, 5) is 4.83. The normalized spacial score (nSPS) is 44.7. The minimum atomic E-state index is -0.244. The summed E-state index contributed by atoms with van der Waals surface area (Å²) in [6, 6.07) is 4.89. The Balaban J connectivity index is 1.76. The Bertz CT molecular complexity index is 593. The molecule has 5 rings (SSSR count). The van der Waals surface area contributed by atoms with Crippen molar-refractivity contribution in [1.29, 1.82) is 0 Å². The van der Waals surface area contributed by atoms with Crippen LogP contribution in [0, 0.1) is 10.8 Å². The molecule has 1 aromatic rings. The van der Waals surface area contributed by atoms with E-state index in [2.05, 4.69) is 23.6 Å². The molecular weight excluding hydrogens is 292 g/mol. The first-order valence-corrected chi connectivity index (χ1v) is 8.63. The third-order valence-electron chi connectivity index (χ3n) is 6.62. The predicted molar refractivity (Wildman–Crippen MR) is 87.1 cm³/mol. The molecular formula is C18H26N2O3. The number of piperidine rings is 2. The minimum absolute atomic E-state index is 0.0439. The maximum Gasteiger partial charge on any atom is 0.125 e. The van der Waals surface area contributed by atoms with E-state index in [0.29, 0.717) is 0 Å². The lowest BCUT2D eigenvalue weighted by atomic mass is 9.57. The molecule has 1 aromatic carbocycles. The number of aliphatic hydroxyl groups excluding tert-OH is 1. The number of rotatable bonds is 3. The second-order valence-electron chi connectivity index (χ2n) is 7.76. The van der Waals surface area contributed by atoms with E-state index in [1.165, 1.54) is 6.07 Å². The average molecular weight is 318 g/mol. The number of phenols is 2. The first kappa shape index (κ1) is 15.2. The fourth-order valence-corrected chi connectivity index (χ4v) is 5.38. The van der Waals surface area contributed by atoms with Crippen LogP contribution in [0.25, 0.3) is 0 Å². The van der Waals surface area contributed by atoms with Crippen molar-refractivity contribution in [3.05, 3.63) is 23.8 Å². The van der Waals surface area contributed by atoms with E-state index in [4.69, 9.17) is 0 Å². The lowest BCUT2D eigenvalue weighted by Crippen LogP contribution is -2.78. The highest BCUT2D eigenvalue weighted by atomic mass is 16.3. The van der Waals surface area contributed by atoms with Gasteiger partial charge in [-0.05, 0) is 25.0 Å². The van der Waals surface area contributed by atoms with Crippen molar-refractivity contribution in [3.63, 3.8) is 0 Å². The van der Waals surface area contributed by atoms with E-state index in [9.17, 15) is 15.3 Å². The zero-order chi connectivity index (χ0) is 16.4. The highest BCUT2D eigenvalue weighted by molar-refractivity contribution is 5.41. The monoisotopic (exact) mass is 318 g/mol. The fourth-order valence-electron chi connectivity index (χ4n) is 5.38. The SMILES string of the molecule is CCC12CN3CC(CC)(CN(C1)C3c1ccc(O)cc1O)C2O. The third-order valence-corrected chi connectivity index (χ3v) is 6.62. The summed E-state index contributed by atoms with van der Waals surface area (Å²) >= 11 is 0. The molecule has 4 aliphatic rings. The van der Waals surface area contributed by atoms with Crippen molar-refractivity contribution >= 4 is 0 Å². The molecule has 0 spiro atoms. The summed E-state index contributed by atoms with van der Waals surface area (Å²) in [5, 5.41) is 30.9. The highest BCUT2D eigenvalue weighted by Crippen LogP contribution is 2.57. The van der Waals surface area contributed by atoms with E-state index < -0.39 is 0 Å². The third kappa shape index (κ3) is 1.90. The average Bonchev–Trinajstić information content (AvgIpc) is 2.52. The molecule has 3 N–H and O–H groups in total. The summed E-state index contributed by atoms with van der Waals surface area (Å²) in [7, 11) is 0. The molecule has 0 aliphatic carbocycles. The number of benzene rings is 1. The standard InChI is InChI=1S/C18H26N2O3/c1-3-17-8-19-10-18(4-2,16(17)23)11-20(9-17)15(19)13-6-5-12(21)7-14(13)22/h5-7,15-16,21-23H,3-4,8-11H2,1-2H3. The van der Waals surface area contributed by atoms with Gasteiger partial charge in [0, 0.05) is 48.6 Å². The summed E-state index contributed by atoms with van der Waals surface area (Å²) in [5.74, 6) is 0.240. The van der Waals surface area contributed by atoms with Crippen LogP contribution in [0.5, 0.6) is 11.5 Å². The van der Waals surface area contributed by atoms with Gasteiger partial charge in [0.2, 0.25) is 0 Å². The van der Waals surface area contributed by atoms with Crippen LogP contribution in [-0.4, -0.2) is 57.4 Å². The zero-order valence-corrected chi connectivity index (χ0v) is 13.9. The molecule has 5 nitrogen and oxygen atoms in total. The Kier molecular flexibility index (Phi) is 3.21. The van der Waals surface area contributed by atoms with Gasteiger partial charge in [0.1, 0.15) is 11.5 Å². The molecule has 23 heavy (non-hydrogen) atoms. The maximum atomic E-state index is 11.0. The van der Waals surface area contributed by atoms with Crippen LogP contribution in [-0.2, 0) is 0 Å². The molecule has 4 heterocycles. The van der Waals surface area contributed by atoms with E-state index in [1.54, 1.807) is 6.07 Å². The van der Waals surface area contributed by atoms with Crippen LogP contribution < -0.4 is 0 Å². The number of nitrogens with zero attached hydrogens (tertiary/aromatic N) is 2. The van der Waals surface area contributed by atoms with E-state index in [1.807, 2.05) is 6.07 Å². The van der Waals surface area contributed by atoms with Crippen LogP contribution in [0.2, 0.25) is 0 Å². The quantitative estimate of drug-likeness (QED) is 0.794. The van der Waals surface area contributed by atoms with Crippen LogP contribution in [0.15, 0.2) is 18.2 Å². The highest BCUT2D eigenvalue weighted by Gasteiger charge is 2.64. The number of phenolic OH excluding ortho intramolecular Hbond substituents is 2. The van der Waals surface area contributed by atoms with Gasteiger partial charge in [0.25, 0.3) is 0 Å². The van der Waals surface area contributed by atoms with Gasteiger partial charge < -0.3 is 15.3 Å². The fraction of sp³-hybridized carbons (Fsp3) is 0.667. The van der Waals surface area contributed by atoms with Gasteiger partial charge >= 0.3 is 0 Å². The van der Waals surface area contributed by atoms with Crippen LogP contribution in [0.4, 0.5) is 0 Å². The van der Waals surface area contributed by atoms with Gasteiger partial charge in [0.15, 0.2) is 0 Å². The molecule has 0 saturated carbocycles. The number of aliphatic hydroxyl groups is 1. The largest absolute Gasteiger partial charge is 0.508 e. The topological polar surface area (TPSA) is 67.2 Å². The maximum absolute atomic E-state index is 11.0. The van der Waals surface area contributed by atoms with Crippen molar-refractivity contribution in [2.24, 2.45) is 10.8 Å². The van der Waals surface area contributed by atoms with E-state index in [0.717, 1.165) is 44.6 Å². The molecule has 4 bridgehead atoms. The van der Waals surface area contributed by atoms with Gasteiger partial charge in [-0.25, -0.2) is 0 Å². The van der Waals surface area contributed by atoms with Crippen molar-refractivity contribution in [2.75, 3.05) is 26.2 Å². The Hall–Kier alpha value is -1.30. The number of aromatic hydroxyl groups is 2. The smallest absolute Gasteiger partial charge is 0.125 e. The van der Waals surface area contributed by atoms with Gasteiger partial charge in [-0.3, -0.25) is 9.80 Å². The Morgan fingerprint density at radius 3 is 1.96 bits per heavy atom. The van der Waals surface area contributed by atoms with Gasteiger partial charge in [0.05, 0.1) is 12.3 Å². The second-order valence-corrected chi connectivity index (χ2v) is 7.76. The van der Waals surface area contributed by atoms with Crippen LogP contribution >= 0.6 is 0 Å².